The van der Waals surface area contributed by atoms with Crippen LogP contribution in [0, 0.1) is 5.92 Å². The predicted octanol–water partition coefficient (Wildman–Crippen LogP) is 0.696. The molecule has 0 aliphatic heterocycles. The molecule has 58 valence electrons. The Morgan fingerprint density at radius 1 is 1.60 bits per heavy atom. The zero-order valence-corrected chi connectivity index (χ0v) is 6.08. The summed E-state index contributed by atoms with van der Waals surface area (Å²) in [6.07, 6.45) is 2.43. The summed E-state index contributed by atoms with van der Waals surface area (Å²) >= 11 is 0. The Balaban J connectivity index is 2.53. The van der Waals surface area contributed by atoms with Gasteiger partial charge in [0.1, 0.15) is 0 Å². The van der Waals surface area contributed by atoms with Crippen LogP contribution >= 0.6 is 0 Å². The lowest BCUT2D eigenvalue weighted by molar-refractivity contribution is 0.0640. The number of rotatable bonds is 1. The van der Waals surface area contributed by atoms with Crippen molar-refractivity contribution in [1.82, 2.24) is 0 Å². The van der Waals surface area contributed by atoms with Crippen molar-refractivity contribution in [3.05, 3.63) is 12.2 Å². The van der Waals surface area contributed by atoms with E-state index in [1.54, 1.807) is 0 Å². The van der Waals surface area contributed by atoms with Gasteiger partial charge in [-0.25, -0.2) is 0 Å². The fourth-order valence-electron chi connectivity index (χ4n) is 1.45. The molecule has 0 aromatic heterocycles. The molecular formula is C8H14O2. The van der Waals surface area contributed by atoms with Crippen molar-refractivity contribution in [1.29, 1.82) is 0 Å². The third-order valence-electron chi connectivity index (χ3n) is 2.18. The molecule has 0 saturated heterocycles. The van der Waals surface area contributed by atoms with Crippen molar-refractivity contribution in [2.75, 3.05) is 6.61 Å². The summed E-state index contributed by atoms with van der Waals surface area (Å²) in [7, 11) is 0. The molecule has 0 radical (unpaired) electrons. The molecule has 1 aliphatic rings. The molecule has 0 aromatic rings. The second-order valence-electron chi connectivity index (χ2n) is 2.91. The van der Waals surface area contributed by atoms with Gasteiger partial charge >= 0.3 is 0 Å². The quantitative estimate of drug-likeness (QED) is 0.529. The molecule has 0 heterocycles. The number of aliphatic hydroxyl groups excluding tert-OH is 2. The molecule has 0 spiro atoms. The van der Waals surface area contributed by atoms with Gasteiger partial charge in [0.05, 0.1) is 12.7 Å². The fraction of sp³-hybridized carbons (Fsp3) is 0.750. The second kappa shape index (κ2) is 3.17. The molecule has 1 rings (SSSR count). The molecule has 0 bridgehead atoms. The van der Waals surface area contributed by atoms with E-state index in [4.69, 9.17) is 5.11 Å². The van der Waals surface area contributed by atoms with Gasteiger partial charge in [0.2, 0.25) is 0 Å². The number of hydrogen-bond acceptors (Lipinski definition) is 2. The molecule has 0 amide bonds. The maximum Gasteiger partial charge on any atom is 0.0627 e. The Labute approximate surface area is 61.2 Å². The Hall–Kier alpha value is -0.340. The predicted molar refractivity (Wildman–Crippen MR) is 39.6 cm³/mol. The van der Waals surface area contributed by atoms with E-state index >= 15 is 0 Å². The van der Waals surface area contributed by atoms with Crippen LogP contribution in [0.15, 0.2) is 12.2 Å². The lowest BCUT2D eigenvalue weighted by Crippen LogP contribution is -2.28. The van der Waals surface area contributed by atoms with Gasteiger partial charge in [0.25, 0.3) is 0 Å². The minimum Gasteiger partial charge on any atom is -0.396 e. The fourth-order valence-corrected chi connectivity index (χ4v) is 1.45. The highest BCUT2D eigenvalue weighted by Gasteiger charge is 2.24. The lowest BCUT2D eigenvalue weighted by Gasteiger charge is -2.27. The van der Waals surface area contributed by atoms with Gasteiger partial charge in [-0.15, -0.1) is 0 Å². The van der Waals surface area contributed by atoms with Gasteiger partial charge < -0.3 is 10.2 Å². The molecule has 10 heavy (non-hydrogen) atoms. The van der Waals surface area contributed by atoms with E-state index in [-0.39, 0.29) is 18.6 Å². The van der Waals surface area contributed by atoms with E-state index in [9.17, 15) is 5.11 Å². The molecule has 2 heteroatoms. The van der Waals surface area contributed by atoms with Crippen molar-refractivity contribution >= 4 is 0 Å². The van der Waals surface area contributed by atoms with Gasteiger partial charge in [-0.1, -0.05) is 12.2 Å². The third kappa shape index (κ3) is 1.39. The monoisotopic (exact) mass is 142 g/mol. The van der Waals surface area contributed by atoms with Crippen LogP contribution < -0.4 is 0 Å². The van der Waals surface area contributed by atoms with E-state index in [1.807, 2.05) is 0 Å². The van der Waals surface area contributed by atoms with Crippen LogP contribution in [0.25, 0.3) is 0 Å². The molecule has 0 unspecified atom stereocenters. The summed E-state index contributed by atoms with van der Waals surface area (Å²) in [5.41, 5.74) is 1.00. The molecule has 1 fully saturated rings. The highest BCUT2D eigenvalue weighted by atomic mass is 16.3. The van der Waals surface area contributed by atoms with E-state index in [0.29, 0.717) is 0 Å². The zero-order chi connectivity index (χ0) is 7.56. The second-order valence-corrected chi connectivity index (χ2v) is 2.91. The Kier molecular flexibility index (Phi) is 2.46. The standard InChI is InChI=1S/C8H14O2/c1-6-3-2-4-8(10)7(6)5-9/h7-10H,1-5H2/t7-,8+/m1/s1. The van der Waals surface area contributed by atoms with Crippen molar-refractivity contribution in [2.45, 2.75) is 25.4 Å². The minimum atomic E-state index is -0.355. The van der Waals surface area contributed by atoms with Crippen LogP contribution in [0.5, 0.6) is 0 Å². The third-order valence-corrected chi connectivity index (χ3v) is 2.18. The van der Waals surface area contributed by atoms with Crippen molar-refractivity contribution in [3.63, 3.8) is 0 Å². The van der Waals surface area contributed by atoms with Crippen molar-refractivity contribution in [2.24, 2.45) is 5.92 Å². The van der Waals surface area contributed by atoms with Crippen molar-refractivity contribution < 1.29 is 10.2 Å². The van der Waals surface area contributed by atoms with E-state index in [1.165, 1.54) is 0 Å². The molecule has 0 aromatic carbocycles. The first kappa shape index (κ1) is 7.76. The van der Waals surface area contributed by atoms with Crippen LogP contribution in [0.1, 0.15) is 19.3 Å². The summed E-state index contributed by atoms with van der Waals surface area (Å²) in [6.45, 7) is 3.84. The average molecular weight is 142 g/mol. The highest BCUT2D eigenvalue weighted by Crippen LogP contribution is 2.27. The molecular weight excluding hydrogens is 128 g/mol. The van der Waals surface area contributed by atoms with E-state index in [0.717, 1.165) is 24.8 Å². The summed E-state index contributed by atoms with van der Waals surface area (Å²) < 4.78 is 0. The van der Waals surface area contributed by atoms with Crippen LogP contribution in [0.3, 0.4) is 0 Å². The maximum atomic E-state index is 9.32. The summed E-state index contributed by atoms with van der Waals surface area (Å²) in [6, 6.07) is 0. The Morgan fingerprint density at radius 3 is 2.70 bits per heavy atom. The Bertz CT molecular complexity index is 131. The summed E-state index contributed by atoms with van der Waals surface area (Å²) in [4.78, 5) is 0. The maximum absolute atomic E-state index is 9.32. The molecule has 2 nitrogen and oxygen atoms in total. The van der Waals surface area contributed by atoms with Crippen LogP contribution in [-0.4, -0.2) is 22.9 Å². The largest absolute Gasteiger partial charge is 0.396 e. The topological polar surface area (TPSA) is 40.5 Å². The molecule has 2 N–H and O–H groups in total. The van der Waals surface area contributed by atoms with E-state index < -0.39 is 0 Å². The zero-order valence-electron chi connectivity index (χ0n) is 6.08. The Morgan fingerprint density at radius 2 is 2.30 bits per heavy atom. The summed E-state index contributed by atoms with van der Waals surface area (Å²) in [5.74, 6) is -0.0613. The normalized spacial score (nSPS) is 34.4. The van der Waals surface area contributed by atoms with Gasteiger partial charge in [-0.2, -0.15) is 0 Å². The lowest BCUT2D eigenvalue weighted by atomic mass is 9.83. The number of hydrogen-bond donors (Lipinski definition) is 2. The molecule has 1 saturated carbocycles. The molecule has 1 aliphatic carbocycles. The van der Waals surface area contributed by atoms with Crippen molar-refractivity contribution in [3.8, 4) is 0 Å². The SMILES string of the molecule is C=C1CCC[C@H](O)[C@@H]1CO. The van der Waals surface area contributed by atoms with Crippen LogP contribution in [0.2, 0.25) is 0 Å². The van der Waals surface area contributed by atoms with Gasteiger partial charge in [0, 0.05) is 5.92 Å². The van der Waals surface area contributed by atoms with E-state index in [2.05, 4.69) is 6.58 Å². The van der Waals surface area contributed by atoms with Gasteiger partial charge in [-0.05, 0) is 19.3 Å². The van der Waals surface area contributed by atoms with Gasteiger partial charge in [0.15, 0.2) is 0 Å². The minimum absolute atomic E-state index is 0.0417. The highest BCUT2D eigenvalue weighted by molar-refractivity contribution is 5.06. The smallest absolute Gasteiger partial charge is 0.0627 e. The summed E-state index contributed by atoms with van der Waals surface area (Å²) in [5, 5.41) is 18.1. The van der Waals surface area contributed by atoms with Crippen LogP contribution in [-0.2, 0) is 0 Å². The average Bonchev–Trinajstić information content (AvgIpc) is 1.88. The number of aliphatic hydroxyl groups is 2. The molecule has 2 atom stereocenters. The van der Waals surface area contributed by atoms with Crippen LogP contribution in [0.4, 0.5) is 0 Å². The van der Waals surface area contributed by atoms with Gasteiger partial charge in [-0.3, -0.25) is 0 Å². The first-order valence-corrected chi connectivity index (χ1v) is 3.72. The first-order valence-electron chi connectivity index (χ1n) is 3.72. The first-order chi connectivity index (χ1) is 4.75.